The Kier molecular flexibility index (Phi) is 3.76. The number of aryl methyl sites for hydroxylation is 2. The molecule has 0 amide bonds. The van der Waals surface area contributed by atoms with Crippen molar-refractivity contribution < 1.29 is 4.39 Å². The first kappa shape index (κ1) is 13.8. The number of nitrogens with one attached hydrogen (secondary N) is 1. The molecule has 1 aromatic heterocycles. The predicted octanol–water partition coefficient (Wildman–Crippen LogP) is 3.92. The van der Waals surface area contributed by atoms with E-state index in [-0.39, 0.29) is 5.82 Å². The molecule has 0 atom stereocenters. The molecule has 108 valence electrons. The van der Waals surface area contributed by atoms with Crippen LogP contribution in [0.15, 0.2) is 48.5 Å². The summed E-state index contributed by atoms with van der Waals surface area (Å²) < 4.78 is 15.8. The van der Waals surface area contributed by atoms with Crippen molar-refractivity contribution in [2.24, 2.45) is 7.05 Å². The van der Waals surface area contributed by atoms with E-state index < -0.39 is 0 Å². The molecule has 0 radical (unpaired) electrons. The Morgan fingerprint density at radius 1 is 1.00 bits per heavy atom. The van der Waals surface area contributed by atoms with Gasteiger partial charge in [-0.2, -0.15) is 0 Å². The van der Waals surface area contributed by atoms with E-state index in [9.17, 15) is 4.39 Å². The van der Waals surface area contributed by atoms with Gasteiger partial charge in [-0.3, -0.25) is 0 Å². The van der Waals surface area contributed by atoms with E-state index in [0.717, 1.165) is 6.54 Å². The summed E-state index contributed by atoms with van der Waals surface area (Å²) in [5.74, 6) is -0.154. The Morgan fingerprint density at radius 3 is 2.48 bits per heavy atom. The minimum absolute atomic E-state index is 0.154. The molecule has 3 aromatic rings. The van der Waals surface area contributed by atoms with Gasteiger partial charge >= 0.3 is 0 Å². The first-order chi connectivity index (χ1) is 10.2. The van der Waals surface area contributed by atoms with Gasteiger partial charge in [-0.05, 0) is 24.6 Å². The molecule has 2 nitrogen and oxygen atoms in total. The lowest BCUT2D eigenvalue weighted by molar-refractivity contribution is 0.582. The summed E-state index contributed by atoms with van der Waals surface area (Å²) in [4.78, 5) is 0. The summed E-state index contributed by atoms with van der Waals surface area (Å²) in [6.07, 6.45) is 0. The van der Waals surface area contributed by atoms with Crippen LogP contribution < -0.4 is 5.32 Å². The second-order valence-corrected chi connectivity index (χ2v) is 5.34. The molecular weight excluding hydrogens is 263 g/mol. The number of rotatable bonds is 4. The smallest absolute Gasteiger partial charge is 0.127 e. The SMILES string of the molecule is Cc1c(CNCc2ccccc2F)n(C)c2ccccc12. The molecule has 1 heterocycles. The molecule has 21 heavy (non-hydrogen) atoms. The van der Waals surface area contributed by atoms with Crippen molar-refractivity contribution in [1.82, 2.24) is 9.88 Å². The lowest BCUT2D eigenvalue weighted by Gasteiger charge is -2.09. The highest BCUT2D eigenvalue weighted by atomic mass is 19.1. The highest BCUT2D eigenvalue weighted by Gasteiger charge is 2.10. The monoisotopic (exact) mass is 282 g/mol. The van der Waals surface area contributed by atoms with E-state index >= 15 is 0 Å². The number of hydrogen-bond donors (Lipinski definition) is 1. The van der Waals surface area contributed by atoms with Crippen LogP contribution in [0.3, 0.4) is 0 Å². The molecule has 0 aliphatic heterocycles. The second kappa shape index (κ2) is 5.70. The van der Waals surface area contributed by atoms with Gasteiger partial charge < -0.3 is 9.88 Å². The van der Waals surface area contributed by atoms with Gasteiger partial charge in [0, 0.05) is 42.3 Å². The van der Waals surface area contributed by atoms with Crippen molar-refractivity contribution >= 4 is 10.9 Å². The fourth-order valence-corrected chi connectivity index (χ4v) is 2.84. The number of aromatic nitrogens is 1. The highest BCUT2D eigenvalue weighted by molar-refractivity contribution is 5.85. The van der Waals surface area contributed by atoms with Crippen LogP contribution in [0.1, 0.15) is 16.8 Å². The largest absolute Gasteiger partial charge is 0.346 e. The second-order valence-electron chi connectivity index (χ2n) is 5.34. The van der Waals surface area contributed by atoms with Gasteiger partial charge in [0.1, 0.15) is 5.82 Å². The number of halogens is 1. The molecule has 0 saturated heterocycles. The van der Waals surface area contributed by atoms with Crippen molar-refractivity contribution in [2.75, 3.05) is 0 Å². The third kappa shape index (κ3) is 2.57. The van der Waals surface area contributed by atoms with Crippen LogP contribution in [0.5, 0.6) is 0 Å². The van der Waals surface area contributed by atoms with Gasteiger partial charge in [-0.25, -0.2) is 4.39 Å². The van der Waals surface area contributed by atoms with Crippen molar-refractivity contribution in [3.63, 3.8) is 0 Å². The summed E-state index contributed by atoms with van der Waals surface area (Å²) in [5.41, 5.74) is 4.47. The summed E-state index contributed by atoms with van der Waals surface area (Å²) in [6.45, 7) is 3.40. The summed E-state index contributed by atoms with van der Waals surface area (Å²) >= 11 is 0. The van der Waals surface area contributed by atoms with Crippen LogP contribution >= 0.6 is 0 Å². The molecule has 3 rings (SSSR count). The molecule has 0 fully saturated rings. The average molecular weight is 282 g/mol. The molecule has 0 aliphatic carbocycles. The molecule has 0 spiro atoms. The zero-order valence-electron chi connectivity index (χ0n) is 12.4. The number of fused-ring (bicyclic) bond motifs is 1. The van der Waals surface area contributed by atoms with Gasteiger partial charge in [0.05, 0.1) is 0 Å². The fraction of sp³-hybridized carbons (Fsp3) is 0.222. The lowest BCUT2D eigenvalue weighted by atomic mass is 10.1. The van der Waals surface area contributed by atoms with Crippen molar-refractivity contribution in [3.8, 4) is 0 Å². The number of benzene rings is 2. The third-order valence-corrected chi connectivity index (χ3v) is 4.07. The van der Waals surface area contributed by atoms with Gasteiger partial charge in [0.15, 0.2) is 0 Å². The number of hydrogen-bond acceptors (Lipinski definition) is 1. The first-order valence-electron chi connectivity index (χ1n) is 7.15. The van der Waals surface area contributed by atoms with E-state index in [4.69, 9.17) is 0 Å². The van der Waals surface area contributed by atoms with Crippen LogP contribution in [0.4, 0.5) is 4.39 Å². The molecular formula is C18H19FN2. The Hall–Kier alpha value is -2.13. The minimum Gasteiger partial charge on any atom is -0.346 e. The van der Waals surface area contributed by atoms with Gasteiger partial charge in [0.25, 0.3) is 0 Å². The third-order valence-electron chi connectivity index (χ3n) is 4.07. The highest BCUT2D eigenvalue weighted by Crippen LogP contribution is 2.24. The Labute approximate surface area is 124 Å². The summed E-state index contributed by atoms with van der Waals surface area (Å²) in [7, 11) is 2.08. The standard InChI is InChI=1S/C18H19FN2/c1-13-15-8-4-6-10-17(15)21(2)18(13)12-20-11-14-7-3-5-9-16(14)19/h3-10,20H,11-12H2,1-2H3. The van der Waals surface area contributed by atoms with Crippen molar-refractivity contribution in [1.29, 1.82) is 0 Å². The maximum atomic E-state index is 13.6. The molecule has 0 unspecified atom stereocenters. The Bertz CT molecular complexity index is 735. The van der Waals surface area contributed by atoms with E-state index in [2.05, 4.69) is 48.1 Å². The zero-order chi connectivity index (χ0) is 14.8. The number of nitrogens with zero attached hydrogens (tertiary/aromatic N) is 1. The molecule has 1 N–H and O–H groups in total. The Morgan fingerprint density at radius 2 is 1.71 bits per heavy atom. The zero-order valence-corrected chi connectivity index (χ0v) is 12.4. The van der Waals surface area contributed by atoms with Crippen LogP contribution in [0.25, 0.3) is 10.9 Å². The summed E-state index contributed by atoms with van der Waals surface area (Å²) in [5, 5.41) is 4.62. The molecule has 2 aromatic carbocycles. The van der Waals surface area contributed by atoms with Crippen molar-refractivity contribution in [2.45, 2.75) is 20.0 Å². The Balaban J connectivity index is 1.78. The fourth-order valence-electron chi connectivity index (χ4n) is 2.84. The van der Waals surface area contributed by atoms with E-state index in [1.54, 1.807) is 6.07 Å². The maximum absolute atomic E-state index is 13.6. The normalized spacial score (nSPS) is 11.2. The van der Waals surface area contributed by atoms with Crippen molar-refractivity contribution in [3.05, 3.63) is 71.2 Å². The molecule has 0 bridgehead atoms. The average Bonchev–Trinajstić information content (AvgIpc) is 2.74. The quantitative estimate of drug-likeness (QED) is 0.767. The maximum Gasteiger partial charge on any atom is 0.127 e. The van der Waals surface area contributed by atoms with E-state index in [1.807, 2.05) is 12.1 Å². The molecule has 3 heteroatoms. The number of para-hydroxylation sites is 1. The molecule has 0 aliphatic rings. The minimum atomic E-state index is -0.154. The first-order valence-corrected chi connectivity index (χ1v) is 7.15. The van der Waals surface area contributed by atoms with Gasteiger partial charge in [-0.15, -0.1) is 0 Å². The molecule has 0 saturated carbocycles. The van der Waals surface area contributed by atoms with Crippen LogP contribution in [-0.2, 0) is 20.1 Å². The van der Waals surface area contributed by atoms with Crippen LogP contribution in [-0.4, -0.2) is 4.57 Å². The van der Waals surface area contributed by atoms with Crippen LogP contribution in [0, 0.1) is 12.7 Å². The predicted molar refractivity (Wildman–Crippen MR) is 84.6 cm³/mol. The van der Waals surface area contributed by atoms with E-state index in [0.29, 0.717) is 12.1 Å². The summed E-state index contributed by atoms with van der Waals surface area (Å²) in [6, 6.07) is 15.3. The lowest BCUT2D eigenvalue weighted by Crippen LogP contribution is -2.16. The van der Waals surface area contributed by atoms with Gasteiger partial charge in [-0.1, -0.05) is 36.4 Å². The van der Waals surface area contributed by atoms with Gasteiger partial charge in [0.2, 0.25) is 0 Å². The van der Waals surface area contributed by atoms with E-state index in [1.165, 1.54) is 28.2 Å². The van der Waals surface area contributed by atoms with Crippen LogP contribution in [0.2, 0.25) is 0 Å². The topological polar surface area (TPSA) is 17.0 Å².